The molecule has 0 aliphatic carbocycles. The molecule has 0 fully saturated rings. The predicted molar refractivity (Wildman–Crippen MR) is 53.3 cm³/mol. The topological polar surface area (TPSA) is 25.2 Å². The van der Waals surface area contributed by atoms with E-state index in [2.05, 4.69) is 17.2 Å². The van der Waals surface area contributed by atoms with Crippen LogP contribution in [0.1, 0.15) is 19.1 Å². The molecular formula is C11H15NO. The lowest BCUT2D eigenvalue weighted by molar-refractivity contribution is 0.500. The summed E-state index contributed by atoms with van der Waals surface area (Å²) >= 11 is 0. The first-order valence-electron chi connectivity index (χ1n) is 4.56. The van der Waals surface area contributed by atoms with E-state index in [9.17, 15) is 0 Å². The molecule has 70 valence electrons. The summed E-state index contributed by atoms with van der Waals surface area (Å²) < 4.78 is 5.19. The van der Waals surface area contributed by atoms with E-state index in [1.807, 2.05) is 19.1 Å². The molecule has 0 spiro atoms. The molecule has 13 heavy (non-hydrogen) atoms. The average Bonchev–Trinajstić information content (AvgIpc) is 2.63. The lowest BCUT2D eigenvalue weighted by Crippen LogP contribution is -2.17. The summed E-state index contributed by atoms with van der Waals surface area (Å²) in [4.78, 5) is 0. The molecule has 0 saturated heterocycles. The van der Waals surface area contributed by atoms with Gasteiger partial charge in [0.05, 0.1) is 6.26 Å². The zero-order valence-electron chi connectivity index (χ0n) is 7.97. The zero-order valence-corrected chi connectivity index (χ0v) is 7.97. The summed E-state index contributed by atoms with van der Waals surface area (Å²) in [5.74, 6) is 6.91. The van der Waals surface area contributed by atoms with Crippen LogP contribution in [0.15, 0.2) is 22.8 Å². The Bertz CT molecular complexity index is 266. The molecule has 0 atom stereocenters. The third-order valence-corrected chi connectivity index (χ3v) is 1.73. The number of nitrogens with one attached hydrogen (secondary N) is 1. The van der Waals surface area contributed by atoms with Crippen LogP contribution in [-0.2, 0) is 6.42 Å². The Morgan fingerprint density at radius 2 is 2.38 bits per heavy atom. The first-order chi connectivity index (χ1) is 6.43. The van der Waals surface area contributed by atoms with Gasteiger partial charge in [0.2, 0.25) is 0 Å². The average molecular weight is 177 g/mol. The van der Waals surface area contributed by atoms with Gasteiger partial charge in [0.1, 0.15) is 5.76 Å². The highest BCUT2D eigenvalue weighted by atomic mass is 16.3. The van der Waals surface area contributed by atoms with Crippen LogP contribution in [0.5, 0.6) is 0 Å². The van der Waals surface area contributed by atoms with Crippen molar-refractivity contribution in [2.45, 2.75) is 19.8 Å². The Morgan fingerprint density at radius 1 is 1.46 bits per heavy atom. The highest BCUT2D eigenvalue weighted by molar-refractivity contribution is 4.98. The van der Waals surface area contributed by atoms with Crippen molar-refractivity contribution in [1.29, 1.82) is 0 Å². The van der Waals surface area contributed by atoms with Gasteiger partial charge < -0.3 is 9.73 Å². The van der Waals surface area contributed by atoms with Crippen LogP contribution in [0.3, 0.4) is 0 Å². The van der Waals surface area contributed by atoms with Crippen molar-refractivity contribution in [3.8, 4) is 11.8 Å². The lowest BCUT2D eigenvalue weighted by atomic mass is 10.3. The van der Waals surface area contributed by atoms with Crippen molar-refractivity contribution in [2.24, 2.45) is 0 Å². The lowest BCUT2D eigenvalue weighted by Gasteiger charge is -1.99. The van der Waals surface area contributed by atoms with Crippen molar-refractivity contribution in [3.63, 3.8) is 0 Å². The van der Waals surface area contributed by atoms with E-state index in [4.69, 9.17) is 4.42 Å². The fourth-order valence-corrected chi connectivity index (χ4v) is 1.07. The molecule has 0 aliphatic rings. The van der Waals surface area contributed by atoms with Crippen molar-refractivity contribution >= 4 is 0 Å². The monoisotopic (exact) mass is 177 g/mol. The molecule has 2 heteroatoms. The molecule has 0 aromatic carbocycles. The highest BCUT2D eigenvalue weighted by Gasteiger charge is 1.93. The molecule has 0 amide bonds. The second-order valence-corrected chi connectivity index (χ2v) is 2.76. The summed E-state index contributed by atoms with van der Waals surface area (Å²) in [6.45, 7) is 3.78. The van der Waals surface area contributed by atoms with Crippen molar-refractivity contribution in [1.82, 2.24) is 5.32 Å². The second kappa shape index (κ2) is 6.33. The molecule has 0 saturated carbocycles. The molecule has 0 aliphatic heterocycles. The van der Waals surface area contributed by atoms with Gasteiger partial charge in [0.25, 0.3) is 0 Å². The van der Waals surface area contributed by atoms with E-state index < -0.39 is 0 Å². The predicted octanol–water partition coefficient (Wildman–Crippen LogP) is 1.83. The maximum Gasteiger partial charge on any atom is 0.105 e. The normalized spacial score (nSPS) is 9.31. The number of hydrogen-bond donors (Lipinski definition) is 1. The Hall–Kier alpha value is -1.20. The summed E-state index contributed by atoms with van der Waals surface area (Å²) in [5.41, 5.74) is 0. The van der Waals surface area contributed by atoms with Gasteiger partial charge in [-0.05, 0) is 19.1 Å². The fraction of sp³-hybridized carbons (Fsp3) is 0.455. The first kappa shape index (κ1) is 9.88. The van der Waals surface area contributed by atoms with Gasteiger partial charge in [0, 0.05) is 25.9 Å². The number of rotatable bonds is 5. The Morgan fingerprint density at radius 3 is 3.08 bits per heavy atom. The van der Waals surface area contributed by atoms with Crippen LogP contribution < -0.4 is 5.32 Å². The minimum Gasteiger partial charge on any atom is -0.469 e. The largest absolute Gasteiger partial charge is 0.469 e. The van der Waals surface area contributed by atoms with Gasteiger partial charge in [-0.2, -0.15) is 0 Å². The van der Waals surface area contributed by atoms with E-state index in [0.717, 1.165) is 31.7 Å². The third kappa shape index (κ3) is 4.39. The van der Waals surface area contributed by atoms with Gasteiger partial charge in [-0.1, -0.05) is 0 Å². The summed E-state index contributed by atoms with van der Waals surface area (Å²) in [6.07, 6.45) is 3.58. The van der Waals surface area contributed by atoms with Gasteiger partial charge in [-0.25, -0.2) is 0 Å². The van der Waals surface area contributed by atoms with Crippen LogP contribution in [0.25, 0.3) is 0 Å². The Labute approximate surface area is 79.3 Å². The second-order valence-electron chi connectivity index (χ2n) is 2.76. The summed E-state index contributed by atoms with van der Waals surface area (Å²) in [6, 6.07) is 3.91. The van der Waals surface area contributed by atoms with E-state index >= 15 is 0 Å². The molecular weight excluding hydrogens is 162 g/mol. The minimum atomic E-state index is 0.925. The SMILES string of the molecule is CC#CCCNCCc1ccco1. The molecule has 1 heterocycles. The van der Waals surface area contributed by atoms with E-state index in [1.165, 1.54) is 0 Å². The zero-order chi connectivity index (χ0) is 9.36. The van der Waals surface area contributed by atoms with E-state index in [1.54, 1.807) is 6.26 Å². The maximum absolute atomic E-state index is 5.19. The molecule has 1 aromatic rings. The number of furan rings is 1. The van der Waals surface area contributed by atoms with Crippen molar-refractivity contribution in [3.05, 3.63) is 24.2 Å². The van der Waals surface area contributed by atoms with E-state index in [0.29, 0.717) is 0 Å². The Balaban J connectivity index is 1.98. The fourth-order valence-electron chi connectivity index (χ4n) is 1.07. The van der Waals surface area contributed by atoms with Crippen LogP contribution >= 0.6 is 0 Å². The van der Waals surface area contributed by atoms with Crippen molar-refractivity contribution < 1.29 is 4.42 Å². The van der Waals surface area contributed by atoms with Crippen LogP contribution in [0, 0.1) is 11.8 Å². The van der Waals surface area contributed by atoms with Crippen LogP contribution in [0.2, 0.25) is 0 Å². The quantitative estimate of drug-likeness (QED) is 0.548. The maximum atomic E-state index is 5.19. The molecule has 0 bridgehead atoms. The molecule has 2 nitrogen and oxygen atoms in total. The third-order valence-electron chi connectivity index (χ3n) is 1.73. The van der Waals surface area contributed by atoms with Crippen LogP contribution in [-0.4, -0.2) is 13.1 Å². The summed E-state index contributed by atoms with van der Waals surface area (Å²) in [5, 5.41) is 3.30. The van der Waals surface area contributed by atoms with Gasteiger partial charge in [-0.15, -0.1) is 11.8 Å². The van der Waals surface area contributed by atoms with Crippen molar-refractivity contribution in [2.75, 3.05) is 13.1 Å². The Kier molecular flexibility index (Phi) is 4.81. The molecule has 0 unspecified atom stereocenters. The molecule has 1 rings (SSSR count). The standard InChI is InChI=1S/C11H15NO/c1-2-3-4-8-12-9-7-11-6-5-10-13-11/h5-6,10,12H,4,7-9H2,1H3. The van der Waals surface area contributed by atoms with Gasteiger partial charge >= 0.3 is 0 Å². The molecule has 1 N–H and O–H groups in total. The first-order valence-corrected chi connectivity index (χ1v) is 4.56. The smallest absolute Gasteiger partial charge is 0.105 e. The van der Waals surface area contributed by atoms with Crippen LogP contribution in [0.4, 0.5) is 0 Å². The summed E-state index contributed by atoms with van der Waals surface area (Å²) in [7, 11) is 0. The number of hydrogen-bond acceptors (Lipinski definition) is 2. The van der Waals surface area contributed by atoms with Gasteiger partial charge in [0.15, 0.2) is 0 Å². The molecule has 1 aromatic heterocycles. The van der Waals surface area contributed by atoms with Gasteiger partial charge in [-0.3, -0.25) is 0 Å². The van der Waals surface area contributed by atoms with E-state index in [-0.39, 0.29) is 0 Å². The minimum absolute atomic E-state index is 0.925. The highest BCUT2D eigenvalue weighted by Crippen LogP contribution is 1.99. The molecule has 0 radical (unpaired) electrons.